The fourth-order valence-corrected chi connectivity index (χ4v) is 2.98. The number of benzene rings is 1. The van der Waals surface area contributed by atoms with E-state index in [0.717, 1.165) is 16.7 Å². The highest BCUT2D eigenvalue weighted by atomic mass is 35.5. The Labute approximate surface area is 126 Å². The lowest BCUT2D eigenvalue weighted by atomic mass is 10.2. The number of fused-ring (bicyclic) bond motifs is 1. The van der Waals surface area contributed by atoms with E-state index in [4.69, 9.17) is 11.6 Å². The molecule has 6 heteroatoms. The van der Waals surface area contributed by atoms with E-state index in [0.29, 0.717) is 22.8 Å². The zero-order valence-corrected chi connectivity index (χ0v) is 12.3. The standard InChI is InChI=1S/C15H15ClN4O/c1-8(9-2-3-9)20-15-13(7-17-20)18-14(19-15)11-5-4-10(21)6-12(11)16/h4-9,21H,2-3H2,1H3,(H,18,19). The van der Waals surface area contributed by atoms with E-state index in [-0.39, 0.29) is 5.75 Å². The fourth-order valence-electron chi connectivity index (χ4n) is 2.72. The van der Waals surface area contributed by atoms with Gasteiger partial charge >= 0.3 is 0 Å². The summed E-state index contributed by atoms with van der Waals surface area (Å²) in [6.45, 7) is 2.19. The maximum Gasteiger partial charge on any atom is 0.177 e. The number of phenolic OH excluding ortho intramolecular Hbond substituents is 1. The molecule has 21 heavy (non-hydrogen) atoms. The average molecular weight is 303 g/mol. The molecule has 2 N–H and O–H groups in total. The molecule has 3 aromatic rings. The molecule has 1 saturated carbocycles. The first-order valence-electron chi connectivity index (χ1n) is 7.05. The second-order valence-electron chi connectivity index (χ2n) is 5.65. The summed E-state index contributed by atoms with van der Waals surface area (Å²) in [6, 6.07) is 5.25. The Morgan fingerprint density at radius 3 is 2.95 bits per heavy atom. The van der Waals surface area contributed by atoms with Crippen LogP contribution in [-0.2, 0) is 0 Å². The Morgan fingerprint density at radius 2 is 2.24 bits per heavy atom. The van der Waals surface area contributed by atoms with Gasteiger partial charge in [0.05, 0.1) is 17.3 Å². The van der Waals surface area contributed by atoms with Gasteiger partial charge in [0.1, 0.15) is 17.1 Å². The first kappa shape index (κ1) is 12.7. The lowest BCUT2D eigenvalue weighted by molar-refractivity contribution is 0.451. The van der Waals surface area contributed by atoms with Crippen LogP contribution in [0.4, 0.5) is 0 Å². The Kier molecular flexibility index (Phi) is 2.72. The molecule has 0 radical (unpaired) electrons. The predicted octanol–water partition coefficient (Wildman–Crippen LogP) is 3.76. The quantitative estimate of drug-likeness (QED) is 0.774. The van der Waals surface area contributed by atoms with Crippen molar-refractivity contribution >= 4 is 22.8 Å². The van der Waals surface area contributed by atoms with E-state index in [1.165, 1.54) is 18.9 Å². The highest BCUT2D eigenvalue weighted by molar-refractivity contribution is 6.33. The molecule has 0 spiro atoms. The van der Waals surface area contributed by atoms with Gasteiger partial charge in [-0.15, -0.1) is 0 Å². The first-order valence-corrected chi connectivity index (χ1v) is 7.43. The van der Waals surface area contributed by atoms with Gasteiger partial charge in [0, 0.05) is 5.56 Å². The molecule has 1 aromatic carbocycles. The van der Waals surface area contributed by atoms with Crippen molar-refractivity contribution in [3.8, 4) is 17.1 Å². The van der Waals surface area contributed by atoms with Crippen LogP contribution in [-0.4, -0.2) is 24.9 Å². The number of imidazole rings is 1. The Balaban J connectivity index is 1.80. The van der Waals surface area contributed by atoms with Crippen LogP contribution in [0.5, 0.6) is 5.75 Å². The van der Waals surface area contributed by atoms with Crippen LogP contribution in [0.25, 0.3) is 22.6 Å². The second kappa shape index (κ2) is 4.49. The molecular formula is C15H15ClN4O. The van der Waals surface area contributed by atoms with Crippen LogP contribution < -0.4 is 0 Å². The van der Waals surface area contributed by atoms with Gasteiger partial charge in [-0.3, -0.25) is 0 Å². The molecule has 1 aliphatic carbocycles. The minimum absolute atomic E-state index is 0.147. The third kappa shape index (κ3) is 2.08. The maximum atomic E-state index is 9.44. The van der Waals surface area contributed by atoms with Crippen molar-refractivity contribution in [1.82, 2.24) is 19.7 Å². The zero-order chi connectivity index (χ0) is 14.6. The summed E-state index contributed by atoms with van der Waals surface area (Å²) >= 11 is 6.18. The SMILES string of the molecule is CC(C1CC1)n1ncc2[nH]c(-c3ccc(O)cc3Cl)nc21. The van der Waals surface area contributed by atoms with E-state index < -0.39 is 0 Å². The number of H-pyrrole nitrogens is 1. The first-order chi connectivity index (χ1) is 10.1. The topological polar surface area (TPSA) is 66.7 Å². The third-order valence-electron chi connectivity index (χ3n) is 4.14. The monoisotopic (exact) mass is 302 g/mol. The molecule has 1 unspecified atom stereocenters. The van der Waals surface area contributed by atoms with Crippen LogP contribution in [0.15, 0.2) is 24.4 Å². The lowest BCUT2D eigenvalue weighted by Crippen LogP contribution is -2.08. The minimum Gasteiger partial charge on any atom is -0.508 e. The number of nitrogens with one attached hydrogen (secondary N) is 1. The zero-order valence-electron chi connectivity index (χ0n) is 11.5. The summed E-state index contributed by atoms with van der Waals surface area (Å²) in [4.78, 5) is 7.89. The van der Waals surface area contributed by atoms with Crippen molar-refractivity contribution in [2.75, 3.05) is 0 Å². The molecule has 108 valence electrons. The molecule has 4 rings (SSSR count). The van der Waals surface area contributed by atoms with Crippen molar-refractivity contribution in [2.24, 2.45) is 5.92 Å². The number of rotatable bonds is 3. The summed E-state index contributed by atoms with van der Waals surface area (Å²) in [5, 5.41) is 14.4. The number of aromatic amines is 1. The lowest BCUT2D eigenvalue weighted by Gasteiger charge is -2.10. The Bertz CT molecular complexity index is 818. The molecule has 0 aliphatic heterocycles. The number of hydrogen-bond acceptors (Lipinski definition) is 3. The summed E-state index contributed by atoms with van der Waals surface area (Å²) in [5.41, 5.74) is 2.53. The van der Waals surface area contributed by atoms with Crippen LogP contribution in [0.2, 0.25) is 5.02 Å². The predicted molar refractivity (Wildman–Crippen MR) is 81.4 cm³/mol. The van der Waals surface area contributed by atoms with Gasteiger partial charge in [-0.2, -0.15) is 5.10 Å². The highest BCUT2D eigenvalue weighted by Crippen LogP contribution is 2.40. The van der Waals surface area contributed by atoms with Crippen molar-refractivity contribution in [3.63, 3.8) is 0 Å². The largest absolute Gasteiger partial charge is 0.508 e. The Morgan fingerprint density at radius 1 is 1.43 bits per heavy atom. The summed E-state index contributed by atoms with van der Waals surface area (Å²) < 4.78 is 1.99. The maximum absolute atomic E-state index is 9.44. The third-order valence-corrected chi connectivity index (χ3v) is 4.45. The van der Waals surface area contributed by atoms with Gasteiger partial charge in [0.2, 0.25) is 0 Å². The second-order valence-corrected chi connectivity index (χ2v) is 6.06. The van der Waals surface area contributed by atoms with E-state index >= 15 is 0 Å². The normalized spacial score (nSPS) is 16.5. The number of nitrogens with zero attached hydrogens (tertiary/aromatic N) is 3. The highest BCUT2D eigenvalue weighted by Gasteiger charge is 2.31. The number of aromatic hydroxyl groups is 1. The van der Waals surface area contributed by atoms with Gasteiger partial charge in [-0.25, -0.2) is 9.67 Å². The summed E-state index contributed by atoms with van der Waals surface area (Å²) in [5.74, 6) is 1.56. The van der Waals surface area contributed by atoms with E-state index in [2.05, 4.69) is 22.0 Å². The fraction of sp³-hybridized carbons (Fsp3) is 0.333. The number of aromatic nitrogens is 4. The number of hydrogen-bond donors (Lipinski definition) is 2. The Hall–Kier alpha value is -2.01. The smallest absolute Gasteiger partial charge is 0.177 e. The van der Waals surface area contributed by atoms with Gasteiger partial charge in [-0.05, 0) is 43.9 Å². The van der Waals surface area contributed by atoms with Crippen LogP contribution in [0.1, 0.15) is 25.8 Å². The molecule has 1 aliphatic rings. The molecule has 0 bridgehead atoms. The average Bonchev–Trinajstić information content (AvgIpc) is 3.10. The molecule has 5 nitrogen and oxygen atoms in total. The van der Waals surface area contributed by atoms with Crippen molar-refractivity contribution < 1.29 is 5.11 Å². The van der Waals surface area contributed by atoms with Crippen LogP contribution >= 0.6 is 11.6 Å². The van der Waals surface area contributed by atoms with E-state index in [9.17, 15) is 5.11 Å². The van der Waals surface area contributed by atoms with Gasteiger partial charge in [-0.1, -0.05) is 11.6 Å². The molecule has 2 aromatic heterocycles. The van der Waals surface area contributed by atoms with Crippen LogP contribution in [0.3, 0.4) is 0 Å². The molecule has 1 atom stereocenters. The molecule has 2 heterocycles. The molecular weight excluding hydrogens is 288 g/mol. The van der Waals surface area contributed by atoms with Crippen molar-refractivity contribution in [3.05, 3.63) is 29.4 Å². The van der Waals surface area contributed by atoms with E-state index in [1.54, 1.807) is 18.3 Å². The summed E-state index contributed by atoms with van der Waals surface area (Å²) in [7, 11) is 0. The number of phenols is 1. The molecule has 1 fully saturated rings. The summed E-state index contributed by atoms with van der Waals surface area (Å²) in [6.07, 6.45) is 4.34. The van der Waals surface area contributed by atoms with Crippen molar-refractivity contribution in [1.29, 1.82) is 0 Å². The number of halogens is 1. The van der Waals surface area contributed by atoms with Crippen molar-refractivity contribution in [2.45, 2.75) is 25.8 Å². The molecule has 0 amide bonds. The van der Waals surface area contributed by atoms with E-state index in [1.807, 2.05) is 4.68 Å². The van der Waals surface area contributed by atoms with Crippen LogP contribution in [0, 0.1) is 5.92 Å². The van der Waals surface area contributed by atoms with Gasteiger partial charge < -0.3 is 10.1 Å². The molecule has 0 saturated heterocycles. The van der Waals surface area contributed by atoms with Gasteiger partial charge in [0.25, 0.3) is 0 Å². The van der Waals surface area contributed by atoms with Gasteiger partial charge in [0.15, 0.2) is 5.65 Å². The minimum atomic E-state index is 0.147.